The second-order valence-corrected chi connectivity index (χ2v) is 4.93. The SMILES string of the molecule is COc1ccc(-n2nnc(CC(=O)O)c2-c2ccccc2)cc1. The zero-order chi connectivity index (χ0) is 16.2. The molecule has 23 heavy (non-hydrogen) atoms. The van der Waals surface area contributed by atoms with Gasteiger partial charge in [0.2, 0.25) is 0 Å². The number of ether oxygens (including phenoxy) is 1. The monoisotopic (exact) mass is 309 g/mol. The lowest BCUT2D eigenvalue weighted by Gasteiger charge is -2.08. The van der Waals surface area contributed by atoms with Crippen LogP contribution in [0.4, 0.5) is 0 Å². The summed E-state index contributed by atoms with van der Waals surface area (Å²) >= 11 is 0. The number of carbonyl (C=O) groups is 1. The molecule has 1 heterocycles. The molecule has 3 rings (SSSR count). The number of benzene rings is 2. The number of aliphatic carboxylic acids is 1. The fourth-order valence-electron chi connectivity index (χ4n) is 2.36. The summed E-state index contributed by atoms with van der Waals surface area (Å²) in [7, 11) is 1.60. The molecule has 2 aromatic carbocycles. The van der Waals surface area contributed by atoms with E-state index >= 15 is 0 Å². The van der Waals surface area contributed by atoms with Gasteiger partial charge in [0.1, 0.15) is 11.4 Å². The van der Waals surface area contributed by atoms with Crippen LogP contribution in [0.25, 0.3) is 16.9 Å². The summed E-state index contributed by atoms with van der Waals surface area (Å²) < 4.78 is 6.80. The van der Waals surface area contributed by atoms with Gasteiger partial charge in [0, 0.05) is 5.56 Å². The Morgan fingerprint density at radius 2 is 1.83 bits per heavy atom. The Bertz CT molecular complexity index is 811. The minimum atomic E-state index is -0.941. The topological polar surface area (TPSA) is 77.2 Å². The van der Waals surface area contributed by atoms with Gasteiger partial charge in [-0.25, -0.2) is 4.68 Å². The van der Waals surface area contributed by atoms with Crippen molar-refractivity contribution in [1.29, 1.82) is 0 Å². The Morgan fingerprint density at radius 1 is 1.13 bits per heavy atom. The van der Waals surface area contributed by atoms with Crippen molar-refractivity contribution in [2.45, 2.75) is 6.42 Å². The van der Waals surface area contributed by atoms with E-state index in [4.69, 9.17) is 9.84 Å². The normalized spacial score (nSPS) is 10.5. The lowest BCUT2D eigenvalue weighted by Crippen LogP contribution is -2.04. The highest BCUT2D eigenvalue weighted by Crippen LogP contribution is 2.26. The van der Waals surface area contributed by atoms with Crippen molar-refractivity contribution in [3.8, 4) is 22.7 Å². The summed E-state index contributed by atoms with van der Waals surface area (Å²) in [6.45, 7) is 0. The van der Waals surface area contributed by atoms with Crippen LogP contribution in [0.5, 0.6) is 5.75 Å². The first-order valence-corrected chi connectivity index (χ1v) is 7.05. The molecule has 6 nitrogen and oxygen atoms in total. The highest BCUT2D eigenvalue weighted by molar-refractivity contribution is 5.74. The molecule has 0 radical (unpaired) electrons. The lowest BCUT2D eigenvalue weighted by molar-refractivity contribution is -0.136. The second-order valence-electron chi connectivity index (χ2n) is 4.93. The van der Waals surface area contributed by atoms with Gasteiger partial charge in [-0.2, -0.15) is 0 Å². The fourth-order valence-corrected chi connectivity index (χ4v) is 2.36. The largest absolute Gasteiger partial charge is 0.497 e. The summed E-state index contributed by atoms with van der Waals surface area (Å²) in [6, 6.07) is 16.9. The third-order valence-corrected chi connectivity index (χ3v) is 3.42. The van der Waals surface area contributed by atoms with Gasteiger partial charge in [0.15, 0.2) is 0 Å². The molecule has 0 atom stereocenters. The molecule has 3 aromatic rings. The number of nitrogens with zero attached hydrogens (tertiary/aromatic N) is 3. The fraction of sp³-hybridized carbons (Fsp3) is 0.118. The number of methoxy groups -OCH3 is 1. The van der Waals surface area contributed by atoms with Gasteiger partial charge in [-0.1, -0.05) is 35.5 Å². The van der Waals surface area contributed by atoms with Gasteiger partial charge in [-0.3, -0.25) is 4.79 Å². The highest BCUT2D eigenvalue weighted by atomic mass is 16.5. The van der Waals surface area contributed by atoms with Crippen LogP contribution in [0.3, 0.4) is 0 Å². The number of aromatic nitrogens is 3. The van der Waals surface area contributed by atoms with E-state index in [0.29, 0.717) is 11.4 Å². The van der Waals surface area contributed by atoms with E-state index in [-0.39, 0.29) is 6.42 Å². The second kappa shape index (κ2) is 6.31. The van der Waals surface area contributed by atoms with E-state index in [9.17, 15) is 4.79 Å². The molecule has 116 valence electrons. The van der Waals surface area contributed by atoms with Crippen LogP contribution < -0.4 is 4.74 Å². The third-order valence-electron chi connectivity index (χ3n) is 3.42. The van der Waals surface area contributed by atoms with Crippen LogP contribution >= 0.6 is 0 Å². The molecule has 0 spiro atoms. The lowest BCUT2D eigenvalue weighted by atomic mass is 10.1. The maximum absolute atomic E-state index is 11.1. The van der Waals surface area contributed by atoms with Crippen LogP contribution in [0.15, 0.2) is 54.6 Å². The molecule has 0 aliphatic heterocycles. The maximum atomic E-state index is 11.1. The molecule has 0 amide bonds. The van der Waals surface area contributed by atoms with Gasteiger partial charge in [-0.15, -0.1) is 5.10 Å². The zero-order valence-electron chi connectivity index (χ0n) is 12.5. The number of carboxylic acids is 1. The average Bonchev–Trinajstić information content (AvgIpc) is 2.98. The van der Waals surface area contributed by atoms with E-state index in [0.717, 1.165) is 17.0 Å². The Balaban J connectivity index is 2.12. The number of rotatable bonds is 5. The van der Waals surface area contributed by atoms with Crippen molar-refractivity contribution in [3.05, 3.63) is 60.3 Å². The smallest absolute Gasteiger partial charge is 0.309 e. The molecule has 0 bridgehead atoms. The standard InChI is InChI=1S/C17H15N3O3/c1-23-14-9-7-13(8-10-14)20-17(12-5-3-2-4-6-12)15(18-19-20)11-16(21)22/h2-10H,11H2,1H3,(H,21,22). The van der Waals surface area contributed by atoms with Crippen molar-refractivity contribution in [2.24, 2.45) is 0 Å². The minimum absolute atomic E-state index is 0.180. The molecular weight excluding hydrogens is 294 g/mol. The van der Waals surface area contributed by atoms with E-state index in [1.807, 2.05) is 54.6 Å². The predicted octanol–water partition coefficient (Wildman–Crippen LogP) is 2.57. The van der Waals surface area contributed by atoms with Crippen LogP contribution in [-0.4, -0.2) is 33.2 Å². The first-order chi connectivity index (χ1) is 11.2. The summed E-state index contributed by atoms with van der Waals surface area (Å²) in [5.74, 6) is -0.204. The Morgan fingerprint density at radius 3 is 2.43 bits per heavy atom. The van der Waals surface area contributed by atoms with Gasteiger partial charge in [0.05, 0.1) is 24.9 Å². The van der Waals surface area contributed by atoms with E-state index in [1.54, 1.807) is 11.8 Å². The van der Waals surface area contributed by atoms with Crippen molar-refractivity contribution < 1.29 is 14.6 Å². The van der Waals surface area contributed by atoms with Crippen LogP contribution in [0.1, 0.15) is 5.69 Å². The van der Waals surface area contributed by atoms with Crippen molar-refractivity contribution in [1.82, 2.24) is 15.0 Å². The first-order valence-electron chi connectivity index (χ1n) is 7.05. The molecule has 6 heteroatoms. The van der Waals surface area contributed by atoms with Crippen LogP contribution in [0, 0.1) is 0 Å². The molecule has 1 aromatic heterocycles. The van der Waals surface area contributed by atoms with Gasteiger partial charge in [-0.05, 0) is 24.3 Å². The van der Waals surface area contributed by atoms with E-state index in [2.05, 4.69) is 10.3 Å². The van der Waals surface area contributed by atoms with Crippen molar-refractivity contribution >= 4 is 5.97 Å². The number of hydrogen-bond donors (Lipinski definition) is 1. The molecule has 0 unspecified atom stereocenters. The molecule has 0 aliphatic rings. The Hall–Kier alpha value is -3.15. The Kier molecular flexibility index (Phi) is 4.05. The minimum Gasteiger partial charge on any atom is -0.497 e. The molecule has 0 fully saturated rings. The van der Waals surface area contributed by atoms with E-state index in [1.165, 1.54) is 0 Å². The number of carboxylic acid groups (broad SMARTS) is 1. The summed E-state index contributed by atoms with van der Waals surface area (Å²) in [4.78, 5) is 11.1. The van der Waals surface area contributed by atoms with Crippen LogP contribution in [-0.2, 0) is 11.2 Å². The Labute approximate surface area is 133 Å². The van der Waals surface area contributed by atoms with Crippen LogP contribution in [0.2, 0.25) is 0 Å². The summed E-state index contributed by atoms with van der Waals surface area (Å²) in [6.07, 6.45) is -0.180. The molecule has 0 saturated carbocycles. The molecular formula is C17H15N3O3. The molecule has 1 N–H and O–H groups in total. The third kappa shape index (κ3) is 3.06. The maximum Gasteiger partial charge on any atom is 0.309 e. The first kappa shape index (κ1) is 14.8. The average molecular weight is 309 g/mol. The summed E-state index contributed by atoms with van der Waals surface area (Å²) in [5, 5.41) is 17.3. The summed E-state index contributed by atoms with van der Waals surface area (Å²) in [5.41, 5.74) is 2.76. The van der Waals surface area contributed by atoms with Gasteiger partial charge < -0.3 is 9.84 Å². The predicted molar refractivity (Wildman–Crippen MR) is 84.7 cm³/mol. The van der Waals surface area contributed by atoms with Gasteiger partial charge >= 0.3 is 5.97 Å². The quantitative estimate of drug-likeness (QED) is 0.784. The zero-order valence-corrected chi connectivity index (χ0v) is 12.5. The van der Waals surface area contributed by atoms with Gasteiger partial charge in [0.25, 0.3) is 0 Å². The highest BCUT2D eigenvalue weighted by Gasteiger charge is 2.18. The number of hydrogen-bond acceptors (Lipinski definition) is 4. The van der Waals surface area contributed by atoms with E-state index < -0.39 is 5.97 Å². The van der Waals surface area contributed by atoms with Crippen molar-refractivity contribution in [3.63, 3.8) is 0 Å². The molecule has 0 saturated heterocycles. The molecule has 0 aliphatic carbocycles. The van der Waals surface area contributed by atoms with Crippen molar-refractivity contribution in [2.75, 3.05) is 7.11 Å².